The van der Waals surface area contributed by atoms with Gasteiger partial charge in [0, 0.05) is 22.7 Å². The van der Waals surface area contributed by atoms with Crippen LogP contribution < -0.4 is 11.1 Å². The second-order valence-corrected chi connectivity index (χ2v) is 7.60. The lowest BCUT2D eigenvalue weighted by Crippen LogP contribution is -2.42. The largest absolute Gasteiger partial charge is 0.399 e. The van der Waals surface area contributed by atoms with Crippen molar-refractivity contribution in [2.45, 2.75) is 31.7 Å². The molecule has 0 aliphatic rings. The summed E-state index contributed by atoms with van der Waals surface area (Å²) in [5, 5.41) is 2.68. The molecule has 6 nitrogen and oxygen atoms in total. The molecule has 0 spiro atoms. The zero-order valence-corrected chi connectivity index (χ0v) is 14.7. The van der Waals surface area contributed by atoms with Gasteiger partial charge in [0.25, 0.3) is 0 Å². The van der Waals surface area contributed by atoms with Crippen LogP contribution in [0, 0.1) is 0 Å². The first kappa shape index (κ1) is 17.9. The van der Waals surface area contributed by atoms with E-state index < -0.39 is 10.0 Å². The molecule has 1 aromatic rings. The van der Waals surface area contributed by atoms with Crippen molar-refractivity contribution in [3.8, 4) is 0 Å². The molecule has 0 aromatic heterocycles. The van der Waals surface area contributed by atoms with E-state index in [-0.39, 0.29) is 29.9 Å². The number of benzene rings is 1. The number of nitrogens with zero attached hydrogens (tertiary/aromatic N) is 1. The van der Waals surface area contributed by atoms with Gasteiger partial charge < -0.3 is 11.1 Å². The second-order valence-electron chi connectivity index (χ2n) is 4.84. The number of carbonyl (C=O) groups is 1. The van der Waals surface area contributed by atoms with Gasteiger partial charge in [0.05, 0.1) is 11.4 Å². The molecule has 21 heavy (non-hydrogen) atoms. The summed E-state index contributed by atoms with van der Waals surface area (Å²) < 4.78 is 26.8. The molecule has 0 radical (unpaired) electrons. The Morgan fingerprint density at radius 1 is 1.43 bits per heavy atom. The first-order chi connectivity index (χ1) is 9.68. The molecule has 0 saturated carbocycles. The van der Waals surface area contributed by atoms with E-state index in [4.69, 9.17) is 5.73 Å². The van der Waals surface area contributed by atoms with Crippen molar-refractivity contribution in [1.29, 1.82) is 0 Å². The van der Waals surface area contributed by atoms with Gasteiger partial charge in [0.1, 0.15) is 0 Å². The summed E-state index contributed by atoms with van der Waals surface area (Å²) in [4.78, 5) is 11.9. The molecule has 0 fully saturated rings. The molecule has 1 amide bonds. The molecule has 1 aromatic carbocycles. The fourth-order valence-electron chi connectivity index (χ4n) is 1.75. The zero-order valence-electron chi connectivity index (χ0n) is 12.3. The van der Waals surface area contributed by atoms with E-state index >= 15 is 0 Å². The molecule has 118 valence electrons. The molecule has 8 heteroatoms. The average Bonchev–Trinajstić information content (AvgIpc) is 2.37. The summed E-state index contributed by atoms with van der Waals surface area (Å²) in [6.45, 7) is 5.28. The van der Waals surface area contributed by atoms with Crippen molar-refractivity contribution in [3.63, 3.8) is 0 Å². The fourth-order valence-corrected chi connectivity index (χ4v) is 4.12. The van der Waals surface area contributed by atoms with Crippen molar-refractivity contribution < 1.29 is 13.2 Å². The Balaban J connectivity index is 3.08. The Hall–Kier alpha value is -1.12. The van der Waals surface area contributed by atoms with Gasteiger partial charge >= 0.3 is 0 Å². The van der Waals surface area contributed by atoms with E-state index in [2.05, 4.69) is 21.2 Å². The van der Waals surface area contributed by atoms with E-state index in [1.807, 2.05) is 13.8 Å². The number of hydrogen-bond acceptors (Lipinski definition) is 4. The van der Waals surface area contributed by atoms with Gasteiger partial charge in [0.2, 0.25) is 15.9 Å². The zero-order chi connectivity index (χ0) is 16.2. The minimum Gasteiger partial charge on any atom is -0.399 e. The second kappa shape index (κ2) is 7.24. The van der Waals surface area contributed by atoms with E-state index in [0.29, 0.717) is 10.2 Å². The SMILES string of the molecule is CCN(CC(=O)NC(C)C)S(=O)(=O)c1cc(N)ccc1Br. The number of rotatable bonds is 6. The Bertz CT molecular complexity index is 617. The van der Waals surface area contributed by atoms with Gasteiger partial charge in [-0.05, 0) is 48.0 Å². The quantitative estimate of drug-likeness (QED) is 0.735. The van der Waals surface area contributed by atoms with Crippen molar-refractivity contribution >= 4 is 37.5 Å². The van der Waals surface area contributed by atoms with Crippen LogP contribution in [0.2, 0.25) is 0 Å². The topological polar surface area (TPSA) is 92.5 Å². The molecular weight excluding hydrogens is 358 g/mol. The summed E-state index contributed by atoms with van der Waals surface area (Å²) in [5.41, 5.74) is 6.00. The number of nitrogens with one attached hydrogen (secondary N) is 1. The van der Waals surface area contributed by atoms with Crippen molar-refractivity contribution in [3.05, 3.63) is 22.7 Å². The van der Waals surface area contributed by atoms with Crippen LogP contribution in [-0.4, -0.2) is 37.8 Å². The van der Waals surface area contributed by atoms with Crippen LogP contribution in [0.15, 0.2) is 27.6 Å². The van der Waals surface area contributed by atoms with Crippen LogP contribution in [0.4, 0.5) is 5.69 Å². The number of hydrogen-bond donors (Lipinski definition) is 2. The minimum atomic E-state index is -3.79. The number of nitrogens with two attached hydrogens (primary N) is 1. The summed E-state index contributed by atoms with van der Waals surface area (Å²) in [7, 11) is -3.79. The lowest BCUT2D eigenvalue weighted by molar-refractivity contribution is -0.121. The Morgan fingerprint density at radius 2 is 2.05 bits per heavy atom. The van der Waals surface area contributed by atoms with E-state index in [0.717, 1.165) is 4.31 Å². The highest BCUT2D eigenvalue weighted by molar-refractivity contribution is 9.10. The monoisotopic (exact) mass is 377 g/mol. The van der Waals surface area contributed by atoms with Gasteiger partial charge in [-0.1, -0.05) is 6.92 Å². The van der Waals surface area contributed by atoms with Crippen LogP contribution in [0.5, 0.6) is 0 Å². The van der Waals surface area contributed by atoms with Crippen molar-refractivity contribution in [2.75, 3.05) is 18.8 Å². The lowest BCUT2D eigenvalue weighted by Gasteiger charge is -2.21. The summed E-state index contributed by atoms with van der Waals surface area (Å²) in [6.07, 6.45) is 0. The molecular formula is C13H20BrN3O3S. The van der Waals surface area contributed by atoms with E-state index in [1.165, 1.54) is 6.07 Å². The van der Waals surface area contributed by atoms with E-state index in [9.17, 15) is 13.2 Å². The van der Waals surface area contributed by atoms with Crippen LogP contribution in [-0.2, 0) is 14.8 Å². The van der Waals surface area contributed by atoms with Crippen LogP contribution >= 0.6 is 15.9 Å². The molecule has 0 heterocycles. The number of amides is 1. The molecule has 0 unspecified atom stereocenters. The van der Waals surface area contributed by atoms with Crippen molar-refractivity contribution in [2.24, 2.45) is 0 Å². The van der Waals surface area contributed by atoms with Crippen LogP contribution in [0.25, 0.3) is 0 Å². The summed E-state index contributed by atoms with van der Waals surface area (Å²) >= 11 is 3.21. The third kappa shape index (κ3) is 4.69. The van der Waals surface area contributed by atoms with Crippen LogP contribution in [0.1, 0.15) is 20.8 Å². The van der Waals surface area contributed by atoms with Gasteiger partial charge in [-0.15, -0.1) is 0 Å². The third-order valence-corrected chi connectivity index (χ3v) is 5.61. The fraction of sp³-hybridized carbons (Fsp3) is 0.462. The van der Waals surface area contributed by atoms with Gasteiger partial charge in [-0.25, -0.2) is 8.42 Å². The first-order valence-electron chi connectivity index (χ1n) is 6.53. The Morgan fingerprint density at radius 3 is 2.57 bits per heavy atom. The number of likely N-dealkylation sites (N-methyl/N-ethyl adjacent to an activating group) is 1. The molecule has 1 rings (SSSR count). The maximum absolute atomic E-state index is 12.6. The number of nitrogen functional groups attached to an aromatic ring is 1. The number of halogens is 1. The van der Waals surface area contributed by atoms with Crippen LogP contribution in [0.3, 0.4) is 0 Å². The Kier molecular flexibility index (Phi) is 6.18. The van der Waals surface area contributed by atoms with Crippen molar-refractivity contribution in [1.82, 2.24) is 9.62 Å². The molecule has 0 saturated heterocycles. The molecule has 0 bridgehead atoms. The Labute approximate surface area is 133 Å². The highest BCUT2D eigenvalue weighted by atomic mass is 79.9. The highest BCUT2D eigenvalue weighted by Gasteiger charge is 2.27. The minimum absolute atomic E-state index is 0.0435. The van der Waals surface area contributed by atoms with Gasteiger partial charge in [-0.2, -0.15) is 4.31 Å². The molecule has 0 aliphatic carbocycles. The predicted molar refractivity (Wildman–Crippen MR) is 86.3 cm³/mol. The maximum atomic E-state index is 12.6. The van der Waals surface area contributed by atoms with E-state index in [1.54, 1.807) is 19.1 Å². The maximum Gasteiger partial charge on any atom is 0.244 e. The smallest absolute Gasteiger partial charge is 0.244 e. The van der Waals surface area contributed by atoms with Gasteiger partial charge in [-0.3, -0.25) is 4.79 Å². The molecule has 0 aliphatic heterocycles. The molecule has 3 N–H and O–H groups in total. The summed E-state index contributed by atoms with van der Waals surface area (Å²) in [5.74, 6) is -0.338. The highest BCUT2D eigenvalue weighted by Crippen LogP contribution is 2.27. The number of sulfonamides is 1. The average molecular weight is 378 g/mol. The summed E-state index contributed by atoms with van der Waals surface area (Å²) in [6, 6.07) is 4.51. The molecule has 0 atom stereocenters. The standard InChI is InChI=1S/C13H20BrN3O3S/c1-4-17(8-13(18)16-9(2)3)21(19,20)12-7-10(15)5-6-11(12)14/h5-7,9H,4,8,15H2,1-3H3,(H,16,18). The first-order valence-corrected chi connectivity index (χ1v) is 8.76. The third-order valence-electron chi connectivity index (χ3n) is 2.70. The number of anilines is 1. The predicted octanol–water partition coefficient (Wildman–Crippen LogP) is 1.57. The number of carbonyl (C=O) groups excluding carboxylic acids is 1. The normalized spacial score (nSPS) is 11.9. The van der Waals surface area contributed by atoms with Gasteiger partial charge in [0.15, 0.2) is 0 Å². The lowest BCUT2D eigenvalue weighted by atomic mass is 10.3.